The average molecular weight is 256 g/mol. The lowest BCUT2D eigenvalue weighted by molar-refractivity contribution is -0.137. The van der Waals surface area contributed by atoms with Crippen molar-refractivity contribution >= 4 is 12.0 Å². The normalized spacial score (nSPS) is 24.6. The van der Waals surface area contributed by atoms with Gasteiger partial charge in [0.15, 0.2) is 0 Å². The second-order valence-electron chi connectivity index (χ2n) is 5.47. The Morgan fingerprint density at radius 1 is 1.39 bits per heavy atom. The van der Waals surface area contributed by atoms with Crippen molar-refractivity contribution in [3.63, 3.8) is 0 Å². The highest BCUT2D eigenvalue weighted by atomic mass is 16.4. The van der Waals surface area contributed by atoms with E-state index in [1.165, 1.54) is 19.3 Å². The van der Waals surface area contributed by atoms with Crippen LogP contribution in [0.25, 0.3) is 0 Å². The van der Waals surface area contributed by atoms with Crippen LogP contribution in [0.2, 0.25) is 0 Å². The van der Waals surface area contributed by atoms with E-state index in [2.05, 4.69) is 17.6 Å². The Morgan fingerprint density at radius 3 is 2.67 bits per heavy atom. The highest BCUT2D eigenvalue weighted by Crippen LogP contribution is 2.29. The molecular formula is C13H24N2O3. The smallest absolute Gasteiger partial charge is 0.315 e. The van der Waals surface area contributed by atoms with Crippen LogP contribution in [-0.2, 0) is 4.79 Å². The van der Waals surface area contributed by atoms with E-state index in [1.54, 1.807) is 0 Å². The van der Waals surface area contributed by atoms with Gasteiger partial charge in [-0.25, -0.2) is 4.79 Å². The lowest BCUT2D eigenvalue weighted by Crippen LogP contribution is -2.42. The van der Waals surface area contributed by atoms with Gasteiger partial charge in [0.2, 0.25) is 0 Å². The van der Waals surface area contributed by atoms with Gasteiger partial charge in [-0.2, -0.15) is 0 Å². The summed E-state index contributed by atoms with van der Waals surface area (Å²) < 4.78 is 0. The van der Waals surface area contributed by atoms with Gasteiger partial charge in [0.05, 0.1) is 0 Å². The highest BCUT2D eigenvalue weighted by molar-refractivity contribution is 5.74. The number of carboxylic acid groups (broad SMARTS) is 1. The van der Waals surface area contributed by atoms with Gasteiger partial charge in [-0.15, -0.1) is 0 Å². The molecule has 0 aromatic heterocycles. The maximum atomic E-state index is 11.6. The van der Waals surface area contributed by atoms with Crippen molar-refractivity contribution < 1.29 is 14.7 Å². The van der Waals surface area contributed by atoms with Crippen LogP contribution in [0.3, 0.4) is 0 Å². The molecule has 2 amide bonds. The molecule has 1 aliphatic carbocycles. The van der Waals surface area contributed by atoms with Crippen molar-refractivity contribution in [2.75, 3.05) is 6.54 Å². The number of carbonyl (C=O) groups is 2. The quantitative estimate of drug-likeness (QED) is 0.680. The number of urea groups is 1. The van der Waals surface area contributed by atoms with Crippen LogP contribution in [0.4, 0.5) is 4.79 Å². The zero-order valence-corrected chi connectivity index (χ0v) is 11.2. The van der Waals surface area contributed by atoms with Gasteiger partial charge in [-0.05, 0) is 38.0 Å². The van der Waals surface area contributed by atoms with E-state index in [9.17, 15) is 9.59 Å². The molecule has 18 heavy (non-hydrogen) atoms. The predicted octanol–water partition coefficient (Wildman–Crippen LogP) is 1.98. The highest BCUT2D eigenvalue weighted by Gasteiger charge is 2.21. The molecule has 104 valence electrons. The molecule has 0 heterocycles. The Hall–Kier alpha value is -1.26. The number of hydrogen-bond donors (Lipinski definition) is 3. The number of rotatable bonds is 6. The molecule has 0 bridgehead atoms. The molecule has 3 atom stereocenters. The molecule has 1 aliphatic rings. The second kappa shape index (κ2) is 7.24. The average Bonchev–Trinajstić information content (AvgIpc) is 2.70. The minimum atomic E-state index is -0.830. The summed E-state index contributed by atoms with van der Waals surface area (Å²) in [6, 6.07) is -0.295. The summed E-state index contributed by atoms with van der Waals surface area (Å²) >= 11 is 0. The first-order valence-electron chi connectivity index (χ1n) is 6.73. The van der Waals surface area contributed by atoms with E-state index >= 15 is 0 Å². The van der Waals surface area contributed by atoms with Gasteiger partial charge in [0, 0.05) is 19.0 Å². The standard InChI is InChI=1S/C13H24N2O3/c1-9-3-5-11(7-9)8-14-13(18)15-10(2)4-6-12(16)17/h9-11H,3-8H2,1-2H3,(H,16,17)(H2,14,15,18). The first kappa shape index (κ1) is 14.8. The van der Waals surface area contributed by atoms with Crippen LogP contribution in [0.15, 0.2) is 0 Å². The number of carboxylic acids is 1. The predicted molar refractivity (Wildman–Crippen MR) is 69.4 cm³/mol. The van der Waals surface area contributed by atoms with Crippen LogP contribution >= 0.6 is 0 Å². The summed E-state index contributed by atoms with van der Waals surface area (Å²) in [6.07, 6.45) is 4.18. The van der Waals surface area contributed by atoms with E-state index < -0.39 is 5.97 Å². The topological polar surface area (TPSA) is 78.4 Å². The number of hydrogen-bond acceptors (Lipinski definition) is 2. The lowest BCUT2D eigenvalue weighted by atomic mass is 10.1. The first-order chi connectivity index (χ1) is 8.47. The molecule has 0 aromatic carbocycles. The van der Waals surface area contributed by atoms with E-state index in [4.69, 9.17) is 5.11 Å². The molecule has 0 spiro atoms. The van der Waals surface area contributed by atoms with Gasteiger partial charge < -0.3 is 15.7 Å². The second-order valence-corrected chi connectivity index (χ2v) is 5.47. The van der Waals surface area contributed by atoms with Crippen molar-refractivity contribution in [3.8, 4) is 0 Å². The molecule has 3 N–H and O–H groups in total. The molecule has 0 aromatic rings. The van der Waals surface area contributed by atoms with E-state index in [1.807, 2.05) is 6.92 Å². The summed E-state index contributed by atoms with van der Waals surface area (Å²) in [6.45, 7) is 4.79. The fourth-order valence-corrected chi connectivity index (χ4v) is 2.43. The summed E-state index contributed by atoms with van der Waals surface area (Å²) in [5.74, 6) is 0.540. The number of nitrogens with one attached hydrogen (secondary N) is 2. The third-order valence-corrected chi connectivity index (χ3v) is 3.52. The Balaban J connectivity index is 2.11. The van der Waals surface area contributed by atoms with Gasteiger partial charge in [-0.3, -0.25) is 4.79 Å². The third kappa shape index (κ3) is 5.89. The van der Waals surface area contributed by atoms with Gasteiger partial charge in [0.25, 0.3) is 0 Å². The number of amides is 2. The maximum Gasteiger partial charge on any atom is 0.315 e. The Morgan fingerprint density at radius 2 is 2.11 bits per heavy atom. The zero-order chi connectivity index (χ0) is 13.5. The summed E-state index contributed by atoms with van der Waals surface area (Å²) in [4.78, 5) is 22.0. The molecule has 0 saturated heterocycles. The Bertz CT molecular complexity index is 294. The lowest BCUT2D eigenvalue weighted by Gasteiger charge is -2.15. The van der Waals surface area contributed by atoms with E-state index in [0.717, 1.165) is 12.5 Å². The zero-order valence-electron chi connectivity index (χ0n) is 11.2. The van der Waals surface area contributed by atoms with Crippen LogP contribution in [0, 0.1) is 11.8 Å². The molecular weight excluding hydrogens is 232 g/mol. The van der Waals surface area contributed by atoms with Crippen LogP contribution < -0.4 is 10.6 Å². The number of carbonyl (C=O) groups excluding carboxylic acids is 1. The molecule has 1 saturated carbocycles. The fourth-order valence-electron chi connectivity index (χ4n) is 2.43. The maximum absolute atomic E-state index is 11.6. The monoisotopic (exact) mass is 256 g/mol. The van der Waals surface area contributed by atoms with Crippen LogP contribution in [0.5, 0.6) is 0 Å². The van der Waals surface area contributed by atoms with Crippen molar-refractivity contribution in [2.24, 2.45) is 11.8 Å². The largest absolute Gasteiger partial charge is 0.481 e. The minimum Gasteiger partial charge on any atom is -0.481 e. The molecule has 3 unspecified atom stereocenters. The van der Waals surface area contributed by atoms with Crippen molar-refractivity contribution in [1.29, 1.82) is 0 Å². The summed E-state index contributed by atoms with van der Waals surface area (Å²) in [5, 5.41) is 14.2. The van der Waals surface area contributed by atoms with Gasteiger partial charge in [-0.1, -0.05) is 13.3 Å². The van der Waals surface area contributed by atoms with Gasteiger partial charge >= 0.3 is 12.0 Å². The molecule has 0 aliphatic heterocycles. The Labute approximate surface area is 108 Å². The number of aliphatic carboxylic acids is 1. The van der Waals surface area contributed by atoms with Crippen LogP contribution in [-0.4, -0.2) is 29.7 Å². The van der Waals surface area contributed by atoms with Crippen molar-refractivity contribution in [1.82, 2.24) is 10.6 Å². The summed E-state index contributed by atoms with van der Waals surface area (Å²) in [7, 11) is 0. The van der Waals surface area contributed by atoms with E-state index in [0.29, 0.717) is 12.3 Å². The van der Waals surface area contributed by atoms with Gasteiger partial charge in [0.1, 0.15) is 0 Å². The van der Waals surface area contributed by atoms with Crippen molar-refractivity contribution in [2.45, 2.75) is 52.0 Å². The van der Waals surface area contributed by atoms with Crippen LogP contribution in [0.1, 0.15) is 46.0 Å². The third-order valence-electron chi connectivity index (χ3n) is 3.52. The summed E-state index contributed by atoms with van der Waals surface area (Å²) in [5.41, 5.74) is 0. The molecule has 1 fully saturated rings. The van der Waals surface area contributed by atoms with E-state index in [-0.39, 0.29) is 18.5 Å². The molecule has 5 heteroatoms. The molecule has 0 radical (unpaired) electrons. The SMILES string of the molecule is CC1CCC(CNC(=O)NC(C)CCC(=O)O)C1. The molecule has 5 nitrogen and oxygen atoms in total. The molecule has 1 rings (SSSR count). The Kier molecular flexibility index (Phi) is 5.95. The first-order valence-corrected chi connectivity index (χ1v) is 6.73. The fraction of sp³-hybridized carbons (Fsp3) is 0.846. The van der Waals surface area contributed by atoms with Crippen molar-refractivity contribution in [3.05, 3.63) is 0 Å². The minimum absolute atomic E-state index is 0.0849.